The molecule has 4 nitrogen and oxygen atoms in total. The molecule has 1 fully saturated rings. The van der Waals surface area contributed by atoms with E-state index in [-0.39, 0.29) is 24.5 Å². The van der Waals surface area contributed by atoms with Crippen molar-refractivity contribution in [2.24, 2.45) is 5.73 Å². The molecular formula is C22H38ClN3O. The van der Waals surface area contributed by atoms with Crippen LogP contribution in [0, 0.1) is 0 Å². The zero-order chi connectivity index (χ0) is 18.6. The number of carbonyl (C=O) groups excluding carboxylic acids is 1. The Bertz CT molecular complexity index is 513. The fourth-order valence-electron chi connectivity index (χ4n) is 3.52. The van der Waals surface area contributed by atoms with Crippen LogP contribution in [-0.4, -0.2) is 30.1 Å². The van der Waals surface area contributed by atoms with Crippen molar-refractivity contribution in [3.8, 4) is 0 Å². The predicted molar refractivity (Wildman–Crippen MR) is 118 cm³/mol. The summed E-state index contributed by atoms with van der Waals surface area (Å²) < 4.78 is 0. The molecular weight excluding hydrogens is 358 g/mol. The zero-order valence-electron chi connectivity index (χ0n) is 16.9. The number of rotatable bonds is 10. The van der Waals surface area contributed by atoms with E-state index in [1.807, 2.05) is 17.0 Å². The van der Waals surface area contributed by atoms with Gasteiger partial charge in [-0.15, -0.1) is 12.4 Å². The molecule has 1 aromatic rings. The van der Waals surface area contributed by atoms with Gasteiger partial charge in [0.25, 0.3) is 0 Å². The Balaban J connectivity index is 0.00000364. The molecule has 0 radical (unpaired) electrons. The molecule has 1 aliphatic rings. The summed E-state index contributed by atoms with van der Waals surface area (Å²) in [4.78, 5) is 14.1. The monoisotopic (exact) mass is 395 g/mol. The van der Waals surface area contributed by atoms with Crippen LogP contribution >= 0.6 is 12.4 Å². The van der Waals surface area contributed by atoms with E-state index < -0.39 is 0 Å². The molecule has 0 aliphatic carbocycles. The molecule has 154 valence electrons. The molecule has 3 N–H and O–H groups in total. The summed E-state index contributed by atoms with van der Waals surface area (Å²) in [7, 11) is 0. The van der Waals surface area contributed by atoms with Crippen molar-refractivity contribution in [2.75, 3.05) is 18.4 Å². The highest BCUT2D eigenvalue weighted by Gasteiger charge is 2.20. The number of halogens is 1. The lowest BCUT2D eigenvalue weighted by atomic mass is 10.0. The normalized spacial score (nSPS) is 14.7. The number of carbonyl (C=O) groups is 1. The molecule has 1 aromatic carbocycles. The number of anilines is 1. The highest BCUT2D eigenvalue weighted by atomic mass is 35.5. The van der Waals surface area contributed by atoms with Gasteiger partial charge >= 0.3 is 6.03 Å². The third kappa shape index (κ3) is 9.48. The number of nitrogens with two attached hydrogens (primary N) is 1. The van der Waals surface area contributed by atoms with Gasteiger partial charge in [-0.05, 0) is 43.4 Å². The van der Waals surface area contributed by atoms with Crippen molar-refractivity contribution < 1.29 is 4.79 Å². The molecule has 1 heterocycles. The van der Waals surface area contributed by atoms with Crippen molar-refractivity contribution >= 4 is 24.1 Å². The minimum absolute atomic E-state index is 0. The molecule has 1 saturated heterocycles. The maximum atomic E-state index is 12.3. The molecule has 5 heteroatoms. The number of hydrogen-bond acceptors (Lipinski definition) is 2. The summed E-state index contributed by atoms with van der Waals surface area (Å²) in [6.07, 6.45) is 13.7. The van der Waals surface area contributed by atoms with Crippen LogP contribution in [0.5, 0.6) is 0 Å². The van der Waals surface area contributed by atoms with E-state index in [0.29, 0.717) is 0 Å². The first kappa shape index (κ1) is 23.8. The van der Waals surface area contributed by atoms with E-state index in [2.05, 4.69) is 24.4 Å². The average Bonchev–Trinajstić information content (AvgIpc) is 2.65. The second kappa shape index (κ2) is 13.8. The van der Waals surface area contributed by atoms with Crippen LogP contribution in [0.15, 0.2) is 24.3 Å². The predicted octanol–water partition coefficient (Wildman–Crippen LogP) is 5.75. The summed E-state index contributed by atoms with van der Waals surface area (Å²) in [5.41, 5.74) is 8.13. The van der Waals surface area contributed by atoms with Crippen LogP contribution in [0.4, 0.5) is 10.5 Å². The third-order valence-corrected chi connectivity index (χ3v) is 5.35. The molecule has 0 aromatic heterocycles. The lowest BCUT2D eigenvalue weighted by Crippen LogP contribution is -2.44. The first-order chi connectivity index (χ1) is 12.7. The smallest absolute Gasteiger partial charge is 0.321 e. The van der Waals surface area contributed by atoms with Gasteiger partial charge in [-0.25, -0.2) is 4.79 Å². The SMILES string of the molecule is CCCCCCCCCCc1ccc(NC(=O)N2CCC(N)CC2)cc1.Cl. The Morgan fingerprint density at radius 1 is 1.00 bits per heavy atom. The number of piperidine rings is 1. The van der Waals surface area contributed by atoms with Crippen LogP contribution in [0.25, 0.3) is 0 Å². The van der Waals surface area contributed by atoms with Crippen molar-refractivity contribution in [1.82, 2.24) is 4.90 Å². The topological polar surface area (TPSA) is 58.4 Å². The molecule has 0 bridgehead atoms. The van der Waals surface area contributed by atoms with Crippen LogP contribution in [-0.2, 0) is 6.42 Å². The van der Waals surface area contributed by atoms with Gasteiger partial charge in [0, 0.05) is 24.8 Å². The number of nitrogens with zero attached hydrogens (tertiary/aromatic N) is 1. The molecule has 0 atom stereocenters. The number of urea groups is 1. The summed E-state index contributed by atoms with van der Waals surface area (Å²) in [5.74, 6) is 0. The van der Waals surface area contributed by atoms with Crippen molar-refractivity contribution in [1.29, 1.82) is 0 Å². The Hall–Kier alpha value is -1.26. The number of benzene rings is 1. The van der Waals surface area contributed by atoms with E-state index in [9.17, 15) is 4.79 Å². The number of likely N-dealkylation sites (tertiary alicyclic amines) is 1. The quantitative estimate of drug-likeness (QED) is 0.495. The van der Waals surface area contributed by atoms with E-state index in [4.69, 9.17) is 5.73 Å². The van der Waals surface area contributed by atoms with Crippen LogP contribution in [0.1, 0.15) is 76.7 Å². The lowest BCUT2D eigenvalue weighted by molar-refractivity contribution is 0.195. The van der Waals surface area contributed by atoms with Gasteiger partial charge in [0.2, 0.25) is 0 Å². The van der Waals surface area contributed by atoms with Crippen LogP contribution in [0.3, 0.4) is 0 Å². The Morgan fingerprint density at radius 2 is 1.56 bits per heavy atom. The van der Waals surface area contributed by atoms with Gasteiger partial charge in [-0.2, -0.15) is 0 Å². The summed E-state index contributed by atoms with van der Waals surface area (Å²) in [5, 5.41) is 3.00. The van der Waals surface area contributed by atoms with E-state index in [1.165, 1.54) is 56.9 Å². The second-order valence-corrected chi connectivity index (χ2v) is 7.68. The molecule has 2 rings (SSSR count). The largest absolute Gasteiger partial charge is 0.328 e. The molecule has 0 spiro atoms. The van der Waals surface area contributed by atoms with Gasteiger partial charge < -0.3 is 16.0 Å². The standard InChI is InChI=1S/C22H37N3O.ClH/c1-2-3-4-5-6-7-8-9-10-19-11-13-21(14-12-19)24-22(26)25-17-15-20(23)16-18-25;/h11-14,20H,2-10,15-18,23H2,1H3,(H,24,26);1H. The number of unbranched alkanes of at least 4 members (excludes halogenated alkanes) is 7. The van der Waals surface area contributed by atoms with Crippen molar-refractivity contribution in [3.05, 3.63) is 29.8 Å². The average molecular weight is 396 g/mol. The highest BCUT2D eigenvalue weighted by molar-refractivity contribution is 5.89. The molecule has 0 unspecified atom stereocenters. The summed E-state index contributed by atoms with van der Waals surface area (Å²) in [6, 6.07) is 8.57. The number of nitrogens with one attached hydrogen (secondary N) is 1. The van der Waals surface area contributed by atoms with Gasteiger partial charge in [0.1, 0.15) is 0 Å². The van der Waals surface area contributed by atoms with Gasteiger partial charge in [-0.3, -0.25) is 0 Å². The number of amides is 2. The van der Waals surface area contributed by atoms with E-state index in [1.54, 1.807) is 0 Å². The van der Waals surface area contributed by atoms with Crippen LogP contribution in [0.2, 0.25) is 0 Å². The fourth-order valence-corrected chi connectivity index (χ4v) is 3.52. The first-order valence-electron chi connectivity index (χ1n) is 10.6. The van der Waals surface area contributed by atoms with Gasteiger partial charge in [-0.1, -0.05) is 64.0 Å². The van der Waals surface area contributed by atoms with Crippen LogP contribution < -0.4 is 11.1 Å². The van der Waals surface area contributed by atoms with Crippen molar-refractivity contribution in [3.63, 3.8) is 0 Å². The Kier molecular flexibility index (Phi) is 12.2. The summed E-state index contributed by atoms with van der Waals surface area (Å²) >= 11 is 0. The summed E-state index contributed by atoms with van der Waals surface area (Å²) in [6.45, 7) is 3.77. The third-order valence-electron chi connectivity index (χ3n) is 5.35. The zero-order valence-corrected chi connectivity index (χ0v) is 17.7. The molecule has 27 heavy (non-hydrogen) atoms. The molecule has 2 amide bonds. The van der Waals surface area contributed by atoms with Gasteiger partial charge in [0.05, 0.1) is 0 Å². The van der Waals surface area contributed by atoms with E-state index in [0.717, 1.165) is 38.0 Å². The second-order valence-electron chi connectivity index (χ2n) is 7.68. The number of aryl methyl sites for hydroxylation is 1. The number of hydrogen-bond donors (Lipinski definition) is 2. The minimum atomic E-state index is -0.00674. The van der Waals surface area contributed by atoms with Crippen molar-refractivity contribution in [2.45, 2.75) is 83.6 Å². The Morgan fingerprint density at radius 3 is 2.15 bits per heavy atom. The Labute approximate surface area is 171 Å². The van der Waals surface area contributed by atoms with Gasteiger partial charge in [0.15, 0.2) is 0 Å². The maximum absolute atomic E-state index is 12.3. The van der Waals surface area contributed by atoms with E-state index >= 15 is 0 Å². The highest BCUT2D eigenvalue weighted by Crippen LogP contribution is 2.16. The maximum Gasteiger partial charge on any atom is 0.321 e. The lowest BCUT2D eigenvalue weighted by Gasteiger charge is -2.30. The molecule has 0 saturated carbocycles. The first-order valence-corrected chi connectivity index (χ1v) is 10.6. The molecule has 1 aliphatic heterocycles. The minimum Gasteiger partial charge on any atom is -0.328 e. The fraction of sp³-hybridized carbons (Fsp3) is 0.682.